The molecule has 0 bridgehead atoms. The predicted molar refractivity (Wildman–Crippen MR) is 79.7 cm³/mol. The van der Waals surface area contributed by atoms with E-state index in [0.717, 1.165) is 29.6 Å². The third-order valence-electron chi connectivity index (χ3n) is 3.80. The fraction of sp³-hybridized carbons (Fsp3) is 0.500. The predicted octanol–water partition coefficient (Wildman–Crippen LogP) is 4.36. The average molecular weight is 278 g/mol. The molecule has 110 valence electrons. The van der Waals surface area contributed by atoms with Gasteiger partial charge in [0.1, 0.15) is 17.2 Å². The second-order valence-corrected chi connectivity index (χ2v) is 5.30. The molecule has 3 nitrogen and oxygen atoms in total. The van der Waals surface area contributed by atoms with Crippen molar-refractivity contribution in [3.05, 3.63) is 35.3 Å². The van der Waals surface area contributed by atoms with Gasteiger partial charge in [-0.25, -0.2) is 9.82 Å². The Morgan fingerprint density at radius 3 is 2.80 bits per heavy atom. The van der Waals surface area contributed by atoms with E-state index in [4.69, 9.17) is 10.3 Å². The molecule has 4 heteroatoms. The van der Waals surface area contributed by atoms with Gasteiger partial charge in [0.2, 0.25) is 0 Å². The number of hydrogen-bond donors (Lipinski definition) is 2. The minimum atomic E-state index is -0.242. The van der Waals surface area contributed by atoms with Crippen LogP contribution in [0.1, 0.15) is 56.4 Å². The number of fused-ring (bicyclic) bond motifs is 1. The fourth-order valence-electron chi connectivity index (χ4n) is 2.61. The highest BCUT2D eigenvalue weighted by molar-refractivity contribution is 5.82. The molecular formula is C16H23FN2O. The zero-order valence-electron chi connectivity index (χ0n) is 12.2. The number of nitrogens with one attached hydrogen (secondary N) is 1. The number of hydrogen-bond acceptors (Lipinski definition) is 3. The van der Waals surface area contributed by atoms with Gasteiger partial charge in [-0.05, 0) is 31.5 Å². The van der Waals surface area contributed by atoms with Crippen LogP contribution in [0.25, 0.3) is 11.0 Å². The van der Waals surface area contributed by atoms with Gasteiger partial charge in [-0.15, -0.1) is 0 Å². The Morgan fingerprint density at radius 1 is 1.30 bits per heavy atom. The summed E-state index contributed by atoms with van der Waals surface area (Å²) < 4.78 is 19.2. The lowest BCUT2D eigenvalue weighted by Crippen LogP contribution is -2.28. The molecule has 0 radical (unpaired) electrons. The molecule has 0 aliphatic carbocycles. The van der Waals surface area contributed by atoms with Gasteiger partial charge in [0.05, 0.1) is 6.04 Å². The third kappa shape index (κ3) is 3.19. The minimum absolute atomic E-state index is 0.0117. The Labute approximate surface area is 119 Å². The van der Waals surface area contributed by atoms with Crippen LogP contribution >= 0.6 is 0 Å². The summed E-state index contributed by atoms with van der Waals surface area (Å²) in [5.41, 5.74) is 4.51. The molecule has 0 aliphatic heterocycles. The molecule has 1 unspecified atom stereocenters. The molecule has 1 aromatic heterocycles. The molecule has 0 spiro atoms. The standard InChI is InChI=1S/C16H23FN2O/c1-3-4-5-6-7-14(19-18)16-11(2)13-10-12(17)8-9-15(13)20-16/h8-10,14,19H,3-7,18H2,1-2H3. The van der Waals surface area contributed by atoms with Crippen molar-refractivity contribution in [2.45, 2.75) is 52.0 Å². The van der Waals surface area contributed by atoms with Crippen molar-refractivity contribution >= 4 is 11.0 Å². The van der Waals surface area contributed by atoms with Crippen LogP contribution in [0.2, 0.25) is 0 Å². The molecule has 0 fully saturated rings. The van der Waals surface area contributed by atoms with Crippen LogP contribution in [0.3, 0.4) is 0 Å². The Kier molecular flexibility index (Phi) is 5.15. The second kappa shape index (κ2) is 6.86. The van der Waals surface area contributed by atoms with Crippen molar-refractivity contribution in [2.75, 3.05) is 0 Å². The van der Waals surface area contributed by atoms with E-state index >= 15 is 0 Å². The van der Waals surface area contributed by atoms with Crippen LogP contribution in [0.4, 0.5) is 4.39 Å². The molecule has 1 heterocycles. The van der Waals surface area contributed by atoms with Gasteiger partial charge in [-0.2, -0.15) is 0 Å². The van der Waals surface area contributed by atoms with Gasteiger partial charge >= 0.3 is 0 Å². The molecular weight excluding hydrogens is 255 g/mol. The molecule has 0 amide bonds. The first kappa shape index (κ1) is 15.0. The monoisotopic (exact) mass is 278 g/mol. The molecule has 1 atom stereocenters. The maximum atomic E-state index is 13.3. The van der Waals surface area contributed by atoms with Crippen molar-refractivity contribution in [2.24, 2.45) is 5.84 Å². The summed E-state index contributed by atoms with van der Waals surface area (Å²) in [6.07, 6.45) is 5.68. The highest BCUT2D eigenvalue weighted by Gasteiger charge is 2.19. The van der Waals surface area contributed by atoms with Crippen LogP contribution in [0.5, 0.6) is 0 Å². The van der Waals surface area contributed by atoms with Crippen molar-refractivity contribution in [1.82, 2.24) is 5.43 Å². The number of halogens is 1. The number of rotatable bonds is 7. The van der Waals surface area contributed by atoms with E-state index in [2.05, 4.69) is 12.3 Å². The highest BCUT2D eigenvalue weighted by atomic mass is 19.1. The zero-order chi connectivity index (χ0) is 14.5. The van der Waals surface area contributed by atoms with Crippen molar-refractivity contribution < 1.29 is 8.81 Å². The maximum absolute atomic E-state index is 13.3. The average Bonchev–Trinajstić information content (AvgIpc) is 2.76. The SMILES string of the molecule is CCCCCCC(NN)c1oc2ccc(F)cc2c1C. The number of benzene rings is 1. The first-order valence-electron chi connectivity index (χ1n) is 7.32. The van der Waals surface area contributed by atoms with Gasteiger partial charge in [-0.1, -0.05) is 32.6 Å². The third-order valence-corrected chi connectivity index (χ3v) is 3.80. The normalized spacial score (nSPS) is 13.0. The molecule has 2 aromatic rings. The van der Waals surface area contributed by atoms with Gasteiger partial charge < -0.3 is 4.42 Å². The quantitative estimate of drug-likeness (QED) is 0.449. The minimum Gasteiger partial charge on any atom is -0.459 e. The summed E-state index contributed by atoms with van der Waals surface area (Å²) in [4.78, 5) is 0. The first-order chi connectivity index (χ1) is 9.67. The van der Waals surface area contributed by atoms with E-state index in [1.165, 1.54) is 31.4 Å². The number of nitrogens with two attached hydrogens (primary N) is 1. The van der Waals surface area contributed by atoms with Crippen LogP contribution in [-0.4, -0.2) is 0 Å². The fourth-order valence-corrected chi connectivity index (χ4v) is 2.61. The topological polar surface area (TPSA) is 51.2 Å². The lowest BCUT2D eigenvalue weighted by Gasteiger charge is -2.14. The Morgan fingerprint density at radius 2 is 2.10 bits per heavy atom. The van der Waals surface area contributed by atoms with Crippen LogP contribution in [0, 0.1) is 12.7 Å². The largest absolute Gasteiger partial charge is 0.459 e. The van der Waals surface area contributed by atoms with Gasteiger partial charge in [0.25, 0.3) is 0 Å². The first-order valence-corrected chi connectivity index (χ1v) is 7.32. The van der Waals surface area contributed by atoms with E-state index in [1.54, 1.807) is 6.07 Å². The van der Waals surface area contributed by atoms with Crippen LogP contribution in [0.15, 0.2) is 22.6 Å². The summed E-state index contributed by atoms with van der Waals surface area (Å²) in [5.74, 6) is 6.24. The Balaban J connectivity index is 2.19. The molecule has 0 aliphatic rings. The molecule has 0 saturated carbocycles. The van der Waals surface area contributed by atoms with Crippen molar-refractivity contribution in [3.8, 4) is 0 Å². The molecule has 20 heavy (non-hydrogen) atoms. The summed E-state index contributed by atoms with van der Waals surface area (Å²) in [7, 11) is 0. The number of furan rings is 1. The lowest BCUT2D eigenvalue weighted by molar-refractivity contribution is 0.400. The van der Waals surface area contributed by atoms with Gasteiger partial charge in [0.15, 0.2) is 0 Å². The Hall–Kier alpha value is -1.39. The second-order valence-electron chi connectivity index (χ2n) is 5.30. The van der Waals surface area contributed by atoms with Gasteiger partial charge in [0, 0.05) is 10.9 Å². The summed E-state index contributed by atoms with van der Waals surface area (Å²) >= 11 is 0. The van der Waals surface area contributed by atoms with Crippen molar-refractivity contribution in [1.29, 1.82) is 0 Å². The van der Waals surface area contributed by atoms with E-state index in [1.807, 2.05) is 6.92 Å². The highest BCUT2D eigenvalue weighted by Crippen LogP contribution is 2.31. The molecule has 0 saturated heterocycles. The number of unbranched alkanes of at least 4 members (excludes halogenated alkanes) is 3. The lowest BCUT2D eigenvalue weighted by atomic mass is 10.0. The smallest absolute Gasteiger partial charge is 0.134 e. The van der Waals surface area contributed by atoms with Crippen LogP contribution in [-0.2, 0) is 0 Å². The summed E-state index contributed by atoms with van der Waals surface area (Å²) in [5, 5.41) is 0.828. The van der Waals surface area contributed by atoms with E-state index in [9.17, 15) is 4.39 Å². The number of hydrazine groups is 1. The van der Waals surface area contributed by atoms with Gasteiger partial charge in [-0.3, -0.25) is 5.84 Å². The number of aryl methyl sites for hydroxylation is 1. The molecule has 1 aromatic carbocycles. The molecule has 3 N–H and O–H groups in total. The molecule has 2 rings (SSSR count). The van der Waals surface area contributed by atoms with Crippen molar-refractivity contribution in [3.63, 3.8) is 0 Å². The zero-order valence-corrected chi connectivity index (χ0v) is 12.2. The summed E-state index contributed by atoms with van der Waals surface area (Å²) in [6.45, 7) is 4.15. The van der Waals surface area contributed by atoms with E-state index < -0.39 is 0 Å². The van der Waals surface area contributed by atoms with E-state index in [-0.39, 0.29) is 11.9 Å². The Bertz CT molecular complexity index is 565. The van der Waals surface area contributed by atoms with Crippen LogP contribution < -0.4 is 11.3 Å². The van der Waals surface area contributed by atoms with E-state index in [0.29, 0.717) is 5.58 Å². The maximum Gasteiger partial charge on any atom is 0.134 e. The summed E-state index contributed by atoms with van der Waals surface area (Å²) in [6, 6.07) is 4.59.